The third-order valence-electron chi connectivity index (χ3n) is 5.22. The maximum atomic E-state index is 12.3. The van der Waals surface area contributed by atoms with E-state index in [9.17, 15) is 14.4 Å². The molecule has 134 valence electrons. The third-order valence-corrected chi connectivity index (χ3v) is 5.22. The van der Waals surface area contributed by atoms with Crippen LogP contribution in [0.3, 0.4) is 0 Å². The number of hydrogen-bond donors (Lipinski definition) is 1. The highest BCUT2D eigenvalue weighted by Gasteiger charge is 2.34. The van der Waals surface area contributed by atoms with Crippen LogP contribution < -0.4 is 10.2 Å². The molecule has 0 unspecified atom stereocenters. The monoisotopic (exact) mass is 342 g/mol. The number of anilines is 1. The molecular weight excluding hydrogens is 316 g/mol. The number of imide groups is 2. The molecule has 5 heteroatoms. The molecule has 1 aromatic rings. The van der Waals surface area contributed by atoms with Crippen LogP contribution in [-0.2, 0) is 16.0 Å². The fraction of sp³-hybridized carbons (Fsp3) is 0.550. The van der Waals surface area contributed by atoms with Crippen molar-refractivity contribution in [1.82, 2.24) is 5.32 Å². The Kier molecular flexibility index (Phi) is 5.21. The van der Waals surface area contributed by atoms with Gasteiger partial charge in [0.15, 0.2) is 0 Å². The summed E-state index contributed by atoms with van der Waals surface area (Å²) in [6.07, 6.45) is 7.73. The highest BCUT2D eigenvalue weighted by atomic mass is 16.2. The summed E-state index contributed by atoms with van der Waals surface area (Å²) in [6.45, 7) is 3.42. The minimum absolute atomic E-state index is 0.221. The van der Waals surface area contributed by atoms with Crippen LogP contribution in [0.2, 0.25) is 0 Å². The molecule has 1 aromatic carbocycles. The molecule has 0 bridgehead atoms. The zero-order chi connectivity index (χ0) is 18.0. The van der Waals surface area contributed by atoms with Gasteiger partial charge in [0, 0.05) is 5.92 Å². The summed E-state index contributed by atoms with van der Waals surface area (Å²) in [5.74, 6) is -0.407. The summed E-state index contributed by atoms with van der Waals surface area (Å²) in [7, 11) is 0. The van der Waals surface area contributed by atoms with Crippen molar-refractivity contribution in [2.24, 2.45) is 5.92 Å². The Hall–Kier alpha value is -2.17. The normalized spacial score (nSPS) is 18.2. The second-order valence-corrected chi connectivity index (χ2v) is 7.43. The molecule has 1 heterocycles. The van der Waals surface area contributed by atoms with Gasteiger partial charge in [-0.15, -0.1) is 0 Å². The maximum Gasteiger partial charge on any atom is 0.335 e. The lowest BCUT2D eigenvalue weighted by atomic mass is 9.90. The van der Waals surface area contributed by atoms with E-state index in [-0.39, 0.29) is 24.2 Å². The highest BCUT2D eigenvalue weighted by molar-refractivity contribution is 6.21. The van der Waals surface area contributed by atoms with Crippen molar-refractivity contribution < 1.29 is 14.4 Å². The average Bonchev–Trinajstić information content (AvgIpc) is 2.74. The van der Waals surface area contributed by atoms with Crippen LogP contribution in [0.25, 0.3) is 0 Å². The summed E-state index contributed by atoms with van der Waals surface area (Å²) in [5.41, 5.74) is 2.77. The molecule has 4 amide bonds. The Balaban J connectivity index is 1.80. The number of rotatable bonds is 2. The van der Waals surface area contributed by atoms with Gasteiger partial charge in [-0.2, -0.15) is 0 Å². The lowest BCUT2D eigenvalue weighted by Gasteiger charge is -2.18. The van der Waals surface area contributed by atoms with Crippen LogP contribution in [0.5, 0.6) is 0 Å². The van der Waals surface area contributed by atoms with Crippen molar-refractivity contribution >= 4 is 23.5 Å². The quantitative estimate of drug-likeness (QED) is 0.829. The molecule has 1 aliphatic heterocycles. The Labute approximate surface area is 148 Å². The van der Waals surface area contributed by atoms with Crippen LogP contribution in [0.1, 0.15) is 69.4 Å². The lowest BCUT2D eigenvalue weighted by Crippen LogP contribution is -2.45. The Morgan fingerprint density at radius 1 is 1.12 bits per heavy atom. The molecule has 1 aliphatic carbocycles. The first-order valence-electron chi connectivity index (χ1n) is 9.28. The smallest absolute Gasteiger partial charge is 0.277 e. The largest absolute Gasteiger partial charge is 0.335 e. The van der Waals surface area contributed by atoms with Crippen molar-refractivity contribution in [2.75, 3.05) is 4.90 Å². The molecule has 0 aromatic heterocycles. The molecule has 1 fully saturated rings. The first kappa shape index (κ1) is 17.6. The number of carbonyl (C=O) groups is 3. The average molecular weight is 342 g/mol. The van der Waals surface area contributed by atoms with Gasteiger partial charge in [-0.3, -0.25) is 14.9 Å². The molecule has 5 nitrogen and oxygen atoms in total. The van der Waals surface area contributed by atoms with Crippen LogP contribution in [0, 0.1) is 5.92 Å². The highest BCUT2D eigenvalue weighted by Crippen LogP contribution is 2.36. The van der Waals surface area contributed by atoms with E-state index in [0.29, 0.717) is 11.6 Å². The van der Waals surface area contributed by atoms with Gasteiger partial charge in [-0.05, 0) is 36.0 Å². The molecule has 0 atom stereocenters. The Morgan fingerprint density at radius 3 is 2.44 bits per heavy atom. The summed E-state index contributed by atoms with van der Waals surface area (Å²) in [5, 5.41) is 2.31. The third kappa shape index (κ3) is 3.75. The maximum absolute atomic E-state index is 12.3. The number of fused-ring (bicyclic) bond motifs is 1. The fourth-order valence-corrected chi connectivity index (χ4v) is 3.74. The molecule has 2 aliphatic rings. The summed E-state index contributed by atoms with van der Waals surface area (Å²) < 4.78 is 0. The fourth-order valence-electron chi connectivity index (χ4n) is 3.74. The van der Waals surface area contributed by atoms with Gasteiger partial charge in [0.1, 0.15) is 0 Å². The second-order valence-electron chi connectivity index (χ2n) is 7.43. The first-order chi connectivity index (χ1) is 12.0. The van der Waals surface area contributed by atoms with E-state index in [1.54, 1.807) is 13.8 Å². The van der Waals surface area contributed by atoms with Gasteiger partial charge < -0.3 is 0 Å². The van der Waals surface area contributed by atoms with Crippen LogP contribution in [0.4, 0.5) is 10.5 Å². The first-order valence-corrected chi connectivity index (χ1v) is 9.28. The minimum atomic E-state index is -0.648. The number of benzene rings is 1. The van der Waals surface area contributed by atoms with Gasteiger partial charge in [-0.25, -0.2) is 9.69 Å². The molecule has 0 saturated heterocycles. The van der Waals surface area contributed by atoms with Crippen LogP contribution in [-0.4, -0.2) is 17.8 Å². The van der Waals surface area contributed by atoms with E-state index in [2.05, 4.69) is 11.4 Å². The lowest BCUT2D eigenvalue weighted by molar-refractivity contribution is -0.122. The number of amides is 4. The predicted octanol–water partition coefficient (Wildman–Crippen LogP) is 3.91. The number of hydrogen-bond acceptors (Lipinski definition) is 3. The number of nitrogens with zero attached hydrogens (tertiary/aromatic N) is 1. The van der Waals surface area contributed by atoms with Gasteiger partial charge in [0.2, 0.25) is 11.8 Å². The molecular formula is C20H26N2O3. The van der Waals surface area contributed by atoms with E-state index in [4.69, 9.17) is 0 Å². The Bertz CT molecular complexity index is 688. The van der Waals surface area contributed by atoms with Gasteiger partial charge in [0.25, 0.3) is 0 Å². The topological polar surface area (TPSA) is 66.5 Å². The van der Waals surface area contributed by atoms with E-state index in [1.165, 1.54) is 44.1 Å². The summed E-state index contributed by atoms with van der Waals surface area (Å²) in [6, 6.07) is 5.34. The molecule has 0 radical (unpaired) electrons. The minimum Gasteiger partial charge on any atom is -0.277 e. The van der Waals surface area contributed by atoms with E-state index < -0.39 is 6.03 Å². The van der Waals surface area contributed by atoms with Crippen molar-refractivity contribution in [3.8, 4) is 0 Å². The van der Waals surface area contributed by atoms with Gasteiger partial charge >= 0.3 is 6.03 Å². The molecule has 3 rings (SSSR count). The number of urea groups is 1. The van der Waals surface area contributed by atoms with Crippen LogP contribution >= 0.6 is 0 Å². The summed E-state index contributed by atoms with van der Waals surface area (Å²) in [4.78, 5) is 37.5. The summed E-state index contributed by atoms with van der Waals surface area (Å²) >= 11 is 0. The zero-order valence-electron chi connectivity index (χ0n) is 15.0. The predicted molar refractivity (Wildman–Crippen MR) is 96.5 cm³/mol. The van der Waals surface area contributed by atoms with Gasteiger partial charge in [-0.1, -0.05) is 51.7 Å². The number of nitrogens with one attached hydrogen (secondary N) is 1. The molecule has 25 heavy (non-hydrogen) atoms. The molecule has 0 spiro atoms. The van der Waals surface area contributed by atoms with E-state index in [0.717, 1.165) is 10.5 Å². The second kappa shape index (κ2) is 7.38. The zero-order valence-corrected chi connectivity index (χ0v) is 15.0. The van der Waals surface area contributed by atoms with Crippen LogP contribution in [0.15, 0.2) is 18.2 Å². The number of carbonyl (C=O) groups excluding carboxylic acids is 3. The van der Waals surface area contributed by atoms with Crippen molar-refractivity contribution in [3.63, 3.8) is 0 Å². The molecule has 1 saturated carbocycles. The van der Waals surface area contributed by atoms with Gasteiger partial charge in [0.05, 0.1) is 12.1 Å². The van der Waals surface area contributed by atoms with E-state index >= 15 is 0 Å². The molecule has 1 N–H and O–H groups in total. The Morgan fingerprint density at radius 2 is 1.80 bits per heavy atom. The van der Waals surface area contributed by atoms with Crippen molar-refractivity contribution in [3.05, 3.63) is 29.3 Å². The van der Waals surface area contributed by atoms with Crippen molar-refractivity contribution in [1.29, 1.82) is 0 Å². The SMILES string of the molecule is CC(C)C(=O)NC(=O)N1C(=O)Cc2cc(C3CCCCCC3)ccc21. The van der Waals surface area contributed by atoms with Crippen molar-refractivity contribution in [2.45, 2.75) is 64.7 Å². The van der Waals surface area contributed by atoms with E-state index in [1.807, 2.05) is 12.1 Å². The standard InChI is InChI=1S/C20H26N2O3/c1-13(2)19(24)21-20(25)22-17-10-9-15(11-16(17)12-18(22)23)14-7-5-3-4-6-8-14/h9-11,13-14H,3-8,12H2,1-2H3,(H,21,24,25).